The summed E-state index contributed by atoms with van der Waals surface area (Å²) in [5.41, 5.74) is 0. The third kappa shape index (κ3) is 1.36. The zero-order chi connectivity index (χ0) is 7.72. The molecule has 58 valence electrons. The Morgan fingerprint density at radius 3 is 2.50 bits per heavy atom. The normalized spacial score (nSPS) is 41.9. The quantitative estimate of drug-likeness (QED) is 0.508. The molecule has 0 N–H and O–H groups in total. The molecular weight excluding hydrogens is 131 g/mol. The fraction of sp³-hybridized carbons (Fsp3) is 0.875. The van der Waals surface area contributed by atoms with Crippen LogP contribution in [-0.4, -0.2) is 12.0 Å². The van der Waals surface area contributed by atoms with Crippen LogP contribution in [0.5, 0.6) is 0 Å². The predicted molar refractivity (Wildman–Crippen MR) is 37.5 cm³/mol. The summed E-state index contributed by atoms with van der Waals surface area (Å²) in [6, 6.07) is 0. The van der Waals surface area contributed by atoms with Crippen molar-refractivity contribution in [1.29, 1.82) is 0 Å². The van der Waals surface area contributed by atoms with E-state index in [9.17, 15) is 9.18 Å². The molecule has 0 aliphatic heterocycles. The Balaban J connectivity index is 2.57. The average Bonchev–Trinajstić information content (AvgIpc) is 1.82. The van der Waals surface area contributed by atoms with Gasteiger partial charge in [0.2, 0.25) is 0 Å². The van der Waals surface area contributed by atoms with Crippen LogP contribution in [0.1, 0.15) is 26.7 Å². The first-order chi connectivity index (χ1) is 4.61. The highest BCUT2D eigenvalue weighted by Crippen LogP contribution is 2.27. The number of hydrogen-bond acceptors (Lipinski definition) is 1. The molecule has 0 saturated heterocycles. The Bertz CT molecular complexity index is 130. The molecule has 0 aromatic heterocycles. The summed E-state index contributed by atoms with van der Waals surface area (Å²) in [7, 11) is 0. The Hall–Kier alpha value is -0.400. The molecule has 10 heavy (non-hydrogen) atoms. The number of halogens is 1. The van der Waals surface area contributed by atoms with Crippen molar-refractivity contribution in [3.8, 4) is 0 Å². The minimum absolute atomic E-state index is 0.0567. The first-order valence-electron chi connectivity index (χ1n) is 3.79. The molecule has 1 saturated carbocycles. The molecule has 0 amide bonds. The van der Waals surface area contributed by atoms with E-state index in [1.807, 2.05) is 13.8 Å². The predicted octanol–water partition coefficient (Wildman–Crippen LogP) is 1.96. The van der Waals surface area contributed by atoms with Crippen LogP contribution in [0.25, 0.3) is 0 Å². The van der Waals surface area contributed by atoms with Gasteiger partial charge in [0, 0.05) is 5.92 Å². The fourth-order valence-electron chi connectivity index (χ4n) is 1.59. The smallest absolute Gasteiger partial charge is 0.169 e. The molecule has 1 rings (SSSR count). The first kappa shape index (κ1) is 7.70. The molecule has 1 aliphatic carbocycles. The number of hydrogen-bond donors (Lipinski definition) is 0. The van der Waals surface area contributed by atoms with Crippen LogP contribution in [0.2, 0.25) is 0 Å². The van der Waals surface area contributed by atoms with Crippen molar-refractivity contribution in [2.75, 3.05) is 0 Å². The number of ketones is 1. The lowest BCUT2D eigenvalue weighted by Gasteiger charge is -2.25. The first-order valence-corrected chi connectivity index (χ1v) is 3.79. The summed E-state index contributed by atoms with van der Waals surface area (Å²) in [6.45, 7) is 3.81. The van der Waals surface area contributed by atoms with Crippen molar-refractivity contribution >= 4 is 5.78 Å². The van der Waals surface area contributed by atoms with Gasteiger partial charge in [-0.3, -0.25) is 4.79 Å². The Labute approximate surface area is 60.6 Å². The van der Waals surface area contributed by atoms with Crippen LogP contribution in [0.3, 0.4) is 0 Å². The molecule has 3 atom stereocenters. The second-order valence-electron chi connectivity index (χ2n) is 3.35. The van der Waals surface area contributed by atoms with Crippen molar-refractivity contribution in [2.45, 2.75) is 32.9 Å². The summed E-state index contributed by atoms with van der Waals surface area (Å²) in [4.78, 5) is 10.9. The van der Waals surface area contributed by atoms with Crippen molar-refractivity contribution in [3.05, 3.63) is 0 Å². The summed E-state index contributed by atoms with van der Waals surface area (Å²) in [6.07, 6.45) is 0.112. The van der Waals surface area contributed by atoms with Gasteiger partial charge in [0.05, 0.1) is 0 Å². The lowest BCUT2D eigenvalue weighted by Crippen LogP contribution is -2.31. The van der Waals surface area contributed by atoms with Crippen molar-refractivity contribution in [2.24, 2.45) is 11.8 Å². The number of Topliss-reactive ketones (excluding diaryl/α,β-unsaturated/α-hetero) is 1. The molecule has 1 aliphatic rings. The van der Waals surface area contributed by atoms with E-state index in [2.05, 4.69) is 0 Å². The van der Waals surface area contributed by atoms with Crippen LogP contribution >= 0.6 is 0 Å². The maximum Gasteiger partial charge on any atom is 0.169 e. The molecule has 1 fully saturated rings. The molecular formula is C8H13FO. The molecule has 0 aromatic carbocycles. The van der Waals surface area contributed by atoms with E-state index in [4.69, 9.17) is 0 Å². The van der Waals surface area contributed by atoms with E-state index in [-0.39, 0.29) is 11.7 Å². The maximum absolute atomic E-state index is 12.7. The van der Waals surface area contributed by atoms with Gasteiger partial charge in [-0.05, 0) is 18.8 Å². The van der Waals surface area contributed by atoms with Gasteiger partial charge in [-0.1, -0.05) is 13.8 Å². The Morgan fingerprint density at radius 2 is 2.00 bits per heavy atom. The number of rotatable bonds is 0. The maximum atomic E-state index is 12.7. The van der Waals surface area contributed by atoms with Crippen LogP contribution in [0.4, 0.5) is 4.39 Å². The summed E-state index contributed by atoms with van der Waals surface area (Å²) >= 11 is 0. The van der Waals surface area contributed by atoms with Crippen LogP contribution in [0, 0.1) is 11.8 Å². The van der Waals surface area contributed by atoms with Gasteiger partial charge < -0.3 is 0 Å². The number of alkyl halides is 1. The van der Waals surface area contributed by atoms with E-state index in [1.54, 1.807) is 0 Å². The minimum atomic E-state index is -1.18. The molecule has 1 nitrogen and oxygen atoms in total. The monoisotopic (exact) mass is 144 g/mol. The van der Waals surface area contributed by atoms with Gasteiger partial charge in [-0.15, -0.1) is 0 Å². The molecule has 0 bridgehead atoms. The second-order valence-corrected chi connectivity index (χ2v) is 3.35. The molecule has 0 radical (unpaired) electrons. The molecule has 0 spiro atoms. The number of carbonyl (C=O) groups is 1. The van der Waals surface area contributed by atoms with Crippen LogP contribution in [0.15, 0.2) is 0 Å². The summed E-state index contributed by atoms with van der Waals surface area (Å²) in [5, 5.41) is 0. The van der Waals surface area contributed by atoms with Gasteiger partial charge in [0.1, 0.15) is 0 Å². The van der Waals surface area contributed by atoms with Crippen molar-refractivity contribution in [1.82, 2.24) is 0 Å². The number of carbonyl (C=O) groups excluding carboxylic acids is 1. The van der Waals surface area contributed by atoms with E-state index in [1.165, 1.54) is 0 Å². The zero-order valence-electron chi connectivity index (χ0n) is 6.43. The Morgan fingerprint density at radius 1 is 1.40 bits per heavy atom. The van der Waals surface area contributed by atoms with E-state index in [0.29, 0.717) is 12.3 Å². The van der Waals surface area contributed by atoms with Crippen molar-refractivity contribution in [3.63, 3.8) is 0 Å². The van der Waals surface area contributed by atoms with Gasteiger partial charge >= 0.3 is 0 Å². The highest BCUT2D eigenvalue weighted by atomic mass is 19.1. The zero-order valence-corrected chi connectivity index (χ0v) is 6.43. The van der Waals surface area contributed by atoms with Crippen LogP contribution < -0.4 is 0 Å². The fourth-order valence-corrected chi connectivity index (χ4v) is 1.59. The lowest BCUT2D eigenvalue weighted by molar-refractivity contribution is -0.130. The molecule has 0 heterocycles. The van der Waals surface area contributed by atoms with E-state index in [0.717, 1.165) is 6.42 Å². The van der Waals surface area contributed by atoms with E-state index >= 15 is 0 Å². The highest BCUT2D eigenvalue weighted by Gasteiger charge is 2.31. The minimum Gasteiger partial charge on any atom is -0.296 e. The van der Waals surface area contributed by atoms with Gasteiger partial charge in [0.15, 0.2) is 12.0 Å². The highest BCUT2D eigenvalue weighted by molar-refractivity contribution is 5.85. The third-order valence-electron chi connectivity index (χ3n) is 2.16. The standard InChI is InChI=1S/C8H13FO/c1-5-3-6(2)8(10)7(9)4-5/h5-7H,3-4H2,1-2H3/t5-,6-,7+/m1/s1. The SMILES string of the molecule is C[C@@H]1C[C@@H](C)C(=O)[C@@H](F)C1. The average molecular weight is 144 g/mol. The van der Waals surface area contributed by atoms with Crippen LogP contribution in [-0.2, 0) is 4.79 Å². The van der Waals surface area contributed by atoms with E-state index < -0.39 is 6.17 Å². The molecule has 0 unspecified atom stereocenters. The topological polar surface area (TPSA) is 17.1 Å². The summed E-state index contributed by atoms with van der Waals surface area (Å²) < 4.78 is 12.7. The largest absolute Gasteiger partial charge is 0.296 e. The van der Waals surface area contributed by atoms with Gasteiger partial charge in [-0.2, -0.15) is 0 Å². The Kier molecular flexibility index (Phi) is 2.07. The molecule has 0 aromatic rings. The molecule has 2 heteroatoms. The van der Waals surface area contributed by atoms with Crippen molar-refractivity contribution < 1.29 is 9.18 Å². The lowest BCUT2D eigenvalue weighted by atomic mass is 9.81. The van der Waals surface area contributed by atoms with Gasteiger partial charge in [0.25, 0.3) is 0 Å². The summed E-state index contributed by atoms with van der Waals surface area (Å²) in [5.74, 6) is 0.125. The second kappa shape index (κ2) is 2.69. The third-order valence-corrected chi connectivity index (χ3v) is 2.16. The van der Waals surface area contributed by atoms with Gasteiger partial charge in [-0.25, -0.2) is 4.39 Å².